The Labute approximate surface area is 428 Å². The molecule has 0 aromatic carbocycles. The lowest BCUT2D eigenvalue weighted by Crippen LogP contribution is -2.68. The molecule has 444 valence electrons. The van der Waals surface area contributed by atoms with Crippen molar-refractivity contribution in [3.8, 4) is 0 Å². The monoisotopic (exact) mass is 1120 g/mol. The molecule has 35 heteroatoms. The topological polar surface area (TPSA) is 565 Å². The summed E-state index contributed by atoms with van der Waals surface area (Å²) in [4.78, 5) is 0. The van der Waals surface area contributed by atoms with E-state index >= 15 is 0 Å². The third kappa shape index (κ3) is 12.8. The molecule has 7 heterocycles. The second-order valence-electron chi connectivity index (χ2n) is 19.2. The number of hydrogen-bond acceptors (Lipinski definition) is 35. The van der Waals surface area contributed by atoms with Gasteiger partial charge < -0.3 is 174 Å². The number of aliphatic hydroxyl groups excluding tert-OH is 22. The van der Waals surface area contributed by atoms with Gasteiger partial charge in [-0.3, -0.25) is 0 Å². The molecule has 0 bridgehead atoms. The van der Waals surface area contributed by atoms with Crippen LogP contribution in [0.25, 0.3) is 0 Å². The first kappa shape index (κ1) is 62.2. The van der Waals surface area contributed by atoms with Crippen molar-refractivity contribution in [3.05, 3.63) is 0 Å². The molecule has 0 spiro atoms. The fourth-order valence-electron chi connectivity index (χ4n) is 9.62. The first-order chi connectivity index (χ1) is 36.0. The Bertz CT molecular complexity index is 1760. The molecule has 7 fully saturated rings. The molecule has 7 saturated heterocycles. The summed E-state index contributed by atoms with van der Waals surface area (Å²) in [5, 5.41) is 233. The van der Waals surface area contributed by atoms with Crippen molar-refractivity contribution >= 4 is 0 Å². The summed E-state index contributed by atoms with van der Waals surface area (Å²) >= 11 is 0. The van der Waals surface area contributed by atoms with E-state index in [9.17, 15) is 112 Å². The third-order valence-corrected chi connectivity index (χ3v) is 14.1. The molecule has 34 atom stereocenters. The van der Waals surface area contributed by atoms with Gasteiger partial charge in [0.2, 0.25) is 0 Å². The summed E-state index contributed by atoms with van der Waals surface area (Å²) in [7, 11) is 0. The summed E-state index contributed by atoms with van der Waals surface area (Å²) in [6.45, 7) is -6.29. The highest BCUT2D eigenvalue weighted by Gasteiger charge is 2.58. The molecule has 7 aliphatic rings. The maximum absolute atomic E-state index is 11.6. The second-order valence-corrected chi connectivity index (χ2v) is 19.2. The minimum atomic E-state index is -2.28. The van der Waals surface area contributed by atoms with E-state index in [1.54, 1.807) is 0 Å². The van der Waals surface area contributed by atoms with E-state index in [1.165, 1.54) is 0 Å². The zero-order valence-corrected chi connectivity index (χ0v) is 39.7. The highest BCUT2D eigenvalue weighted by molar-refractivity contribution is 5.00. The molecule has 1 unspecified atom stereocenters. The lowest BCUT2D eigenvalue weighted by atomic mass is 9.95. The van der Waals surface area contributed by atoms with Gasteiger partial charge in [0.05, 0.1) is 46.2 Å². The SMILES string of the molecule is OC[C@H]1O[C@@H](O[C@H]2[C@@H](O)[C@@H](O)[C@H](O[C@H]3[C@H](O)[C@@H](O)[C@H](O[C@H]4[C@H](O)[C@@H](O)[C@H](O[C@H]5[C@H](O)[C@@H](O)[C@H](O[C@H]6[C@H](O)[C@@H](O)C(O)O[C@@H]6CO)O[C@@H]5CO)O[C@@H]4CO)O[C@@H]3CO[C@H]3OC[C@@H](O)[C@H](O)[C@H]3O)O[C@@H]2CO)[C@H](O)[C@@H](O)[C@@H]1O. The van der Waals surface area contributed by atoms with Crippen molar-refractivity contribution in [2.24, 2.45) is 0 Å². The highest BCUT2D eigenvalue weighted by Crippen LogP contribution is 2.37. The molecule has 0 amide bonds. The maximum atomic E-state index is 11.6. The minimum absolute atomic E-state index is 0.556. The normalized spacial score (nSPS) is 53.6. The van der Waals surface area contributed by atoms with Crippen LogP contribution in [0, 0.1) is 0 Å². The molecule has 0 aromatic rings. The van der Waals surface area contributed by atoms with Crippen molar-refractivity contribution in [2.45, 2.75) is 209 Å². The van der Waals surface area contributed by atoms with E-state index in [4.69, 9.17) is 61.6 Å². The van der Waals surface area contributed by atoms with E-state index in [1.807, 2.05) is 0 Å². The third-order valence-electron chi connectivity index (χ3n) is 14.1. The largest absolute Gasteiger partial charge is 0.394 e. The predicted octanol–water partition coefficient (Wildman–Crippen LogP) is -15.6. The Balaban J connectivity index is 1.04. The van der Waals surface area contributed by atoms with Crippen LogP contribution in [0.5, 0.6) is 0 Å². The Kier molecular flexibility index (Phi) is 21.8. The number of aliphatic hydroxyl groups is 22. The Morgan fingerprint density at radius 2 is 0.566 bits per heavy atom. The van der Waals surface area contributed by atoms with Gasteiger partial charge in [0.25, 0.3) is 0 Å². The van der Waals surface area contributed by atoms with Crippen LogP contribution in [0.15, 0.2) is 0 Å². The van der Waals surface area contributed by atoms with Gasteiger partial charge in [-0.2, -0.15) is 0 Å². The fraction of sp³-hybridized carbons (Fsp3) is 1.00. The average Bonchev–Trinajstić information content (AvgIpc) is 3.41. The lowest BCUT2D eigenvalue weighted by molar-refractivity contribution is -0.397. The Morgan fingerprint density at radius 3 is 0.934 bits per heavy atom. The van der Waals surface area contributed by atoms with Gasteiger partial charge in [-0.1, -0.05) is 0 Å². The molecular weight excluding hydrogens is 1050 g/mol. The van der Waals surface area contributed by atoms with Crippen molar-refractivity contribution < 1.29 is 174 Å². The van der Waals surface area contributed by atoms with E-state index in [0.717, 1.165) is 0 Å². The van der Waals surface area contributed by atoms with Gasteiger partial charge in [0, 0.05) is 0 Å². The van der Waals surface area contributed by atoms with Gasteiger partial charge in [0.15, 0.2) is 44.0 Å². The smallest absolute Gasteiger partial charge is 0.187 e. The number of ether oxygens (including phenoxy) is 13. The molecule has 35 nitrogen and oxygen atoms in total. The summed E-state index contributed by atoms with van der Waals surface area (Å²) < 4.78 is 72.4. The average molecular weight is 1120 g/mol. The van der Waals surface area contributed by atoms with Gasteiger partial charge >= 0.3 is 0 Å². The van der Waals surface area contributed by atoms with Crippen molar-refractivity contribution in [1.29, 1.82) is 0 Å². The van der Waals surface area contributed by atoms with Crippen LogP contribution in [0.4, 0.5) is 0 Å². The van der Waals surface area contributed by atoms with Crippen LogP contribution in [-0.4, -0.2) is 367 Å². The molecular formula is C41H70O35. The van der Waals surface area contributed by atoms with Gasteiger partial charge in [0.1, 0.15) is 165 Å². The van der Waals surface area contributed by atoms with Crippen LogP contribution >= 0.6 is 0 Å². The van der Waals surface area contributed by atoms with Gasteiger partial charge in [-0.05, 0) is 0 Å². The highest BCUT2D eigenvalue weighted by atomic mass is 16.8. The second kappa shape index (κ2) is 26.7. The molecule has 0 radical (unpaired) electrons. The standard InChI is InChI=1S/C41H70O35/c42-1-9-16(49)17(50)25(58)37(67-9)73-31-11(3-44)70-40(28(61)21(31)54)76-34-14(7-65-36-24(57)15(48)8(47)6-64-36)71-41(29(62)22(34)55)75-33-13(5-46)69-39(27(60)20(33)53)74-32-12(4-45)68-38(26(59)19(32)52)72-30-10(2-43)66-35(63)23(56)18(30)51/h8-63H,1-7H2/t8-,9-,10-,11-,12-,13-,14-,15+,16-,17+,18-,19-,20-,21+,22-,23-,24-,25-,26-,27-,28-,29-,30-,31-,32-,33-,34-,35?,36-,37+,38+,39+,40+,41+/m1/s1. The zero-order valence-electron chi connectivity index (χ0n) is 39.7. The molecule has 7 aliphatic heterocycles. The summed E-state index contributed by atoms with van der Waals surface area (Å²) in [5.41, 5.74) is 0. The van der Waals surface area contributed by atoms with Crippen LogP contribution in [0.2, 0.25) is 0 Å². The van der Waals surface area contributed by atoms with Crippen LogP contribution in [-0.2, 0) is 61.6 Å². The van der Waals surface area contributed by atoms with E-state index in [2.05, 4.69) is 0 Å². The first-order valence-electron chi connectivity index (χ1n) is 24.1. The number of hydrogen-bond donors (Lipinski definition) is 22. The minimum Gasteiger partial charge on any atom is -0.394 e. The van der Waals surface area contributed by atoms with Crippen molar-refractivity contribution in [1.82, 2.24) is 0 Å². The van der Waals surface area contributed by atoms with Gasteiger partial charge in [-0.15, -0.1) is 0 Å². The van der Waals surface area contributed by atoms with Crippen LogP contribution < -0.4 is 0 Å². The summed E-state index contributed by atoms with van der Waals surface area (Å²) in [6.07, 6.45) is -65.5. The molecule has 0 aliphatic carbocycles. The maximum Gasteiger partial charge on any atom is 0.187 e. The fourth-order valence-corrected chi connectivity index (χ4v) is 9.62. The molecule has 0 saturated carbocycles. The van der Waals surface area contributed by atoms with Crippen molar-refractivity contribution in [2.75, 3.05) is 46.2 Å². The molecule has 7 rings (SSSR count). The van der Waals surface area contributed by atoms with E-state index in [-0.39, 0.29) is 0 Å². The van der Waals surface area contributed by atoms with Crippen molar-refractivity contribution in [3.63, 3.8) is 0 Å². The van der Waals surface area contributed by atoms with Crippen LogP contribution in [0.3, 0.4) is 0 Å². The lowest BCUT2D eigenvalue weighted by Gasteiger charge is -2.50. The Hall–Kier alpha value is -1.40. The zero-order chi connectivity index (χ0) is 55.8. The van der Waals surface area contributed by atoms with E-state index < -0.39 is 255 Å². The summed E-state index contributed by atoms with van der Waals surface area (Å²) in [6, 6.07) is 0. The summed E-state index contributed by atoms with van der Waals surface area (Å²) in [5.74, 6) is 0. The molecule has 0 aromatic heterocycles. The molecule has 76 heavy (non-hydrogen) atoms. The molecule has 22 N–H and O–H groups in total. The Morgan fingerprint density at radius 1 is 0.276 bits per heavy atom. The quantitative estimate of drug-likeness (QED) is 0.0606. The van der Waals surface area contributed by atoms with Gasteiger partial charge in [-0.25, -0.2) is 0 Å². The van der Waals surface area contributed by atoms with E-state index in [0.29, 0.717) is 0 Å². The number of rotatable bonds is 18. The van der Waals surface area contributed by atoms with Crippen LogP contribution in [0.1, 0.15) is 0 Å². The predicted molar refractivity (Wildman–Crippen MR) is 226 cm³/mol. The first-order valence-corrected chi connectivity index (χ1v) is 24.1.